The van der Waals surface area contributed by atoms with E-state index < -0.39 is 17.8 Å². The summed E-state index contributed by atoms with van der Waals surface area (Å²) in [4.78, 5) is 0. The number of halogens is 3. The fourth-order valence-corrected chi connectivity index (χ4v) is 2.29. The molecule has 100 valence electrons. The Hall–Kier alpha value is -1.03. The fourth-order valence-electron chi connectivity index (χ4n) is 2.29. The van der Waals surface area contributed by atoms with E-state index in [1.165, 1.54) is 12.1 Å². The van der Waals surface area contributed by atoms with Crippen LogP contribution in [0.15, 0.2) is 30.3 Å². The Balaban J connectivity index is 2.21. The zero-order valence-electron chi connectivity index (χ0n) is 10.6. The highest BCUT2D eigenvalue weighted by molar-refractivity contribution is 5.21. The number of alkyl halides is 3. The van der Waals surface area contributed by atoms with Crippen LogP contribution in [0.5, 0.6) is 0 Å². The average molecular weight is 257 g/mol. The van der Waals surface area contributed by atoms with Crippen molar-refractivity contribution in [2.75, 3.05) is 0 Å². The van der Waals surface area contributed by atoms with Gasteiger partial charge in [-0.05, 0) is 38.2 Å². The first-order valence-electron chi connectivity index (χ1n) is 6.20. The maximum Gasteiger partial charge on any atom is 0.407 e. The van der Waals surface area contributed by atoms with Gasteiger partial charge in [0.1, 0.15) is 6.04 Å². The van der Waals surface area contributed by atoms with Gasteiger partial charge in [-0.3, -0.25) is 5.32 Å². The van der Waals surface area contributed by atoms with Crippen molar-refractivity contribution >= 4 is 0 Å². The highest BCUT2D eigenvalue weighted by atomic mass is 19.4. The predicted octanol–water partition coefficient (Wildman–Crippen LogP) is 4.07. The van der Waals surface area contributed by atoms with Gasteiger partial charge in [0.25, 0.3) is 0 Å². The van der Waals surface area contributed by atoms with Gasteiger partial charge >= 0.3 is 6.18 Å². The van der Waals surface area contributed by atoms with Gasteiger partial charge in [-0.2, -0.15) is 13.2 Å². The van der Waals surface area contributed by atoms with Crippen LogP contribution in [0.2, 0.25) is 0 Å². The van der Waals surface area contributed by atoms with Crippen LogP contribution in [0.4, 0.5) is 13.2 Å². The number of hydrogen-bond acceptors (Lipinski definition) is 1. The van der Waals surface area contributed by atoms with Crippen LogP contribution in [0.1, 0.15) is 38.3 Å². The van der Waals surface area contributed by atoms with Gasteiger partial charge in [0.2, 0.25) is 0 Å². The Bertz CT molecular complexity index is 393. The van der Waals surface area contributed by atoms with Gasteiger partial charge < -0.3 is 0 Å². The highest BCUT2D eigenvalue weighted by Crippen LogP contribution is 2.42. The van der Waals surface area contributed by atoms with Crippen molar-refractivity contribution in [3.63, 3.8) is 0 Å². The summed E-state index contributed by atoms with van der Waals surface area (Å²) in [5.74, 6) is 0.353. The molecule has 0 amide bonds. The minimum Gasteiger partial charge on any atom is -0.297 e. The summed E-state index contributed by atoms with van der Waals surface area (Å²) in [5.41, 5.74) is -0.200. The van der Waals surface area contributed by atoms with E-state index in [4.69, 9.17) is 0 Å². The number of hydrogen-bond donors (Lipinski definition) is 1. The first-order valence-corrected chi connectivity index (χ1v) is 6.20. The molecule has 1 nitrogen and oxygen atoms in total. The molecule has 0 saturated heterocycles. The van der Waals surface area contributed by atoms with Gasteiger partial charge in [-0.1, -0.05) is 30.3 Å². The summed E-state index contributed by atoms with van der Waals surface area (Å²) in [6.45, 7) is 3.71. The lowest BCUT2D eigenvalue weighted by atomic mass is 9.95. The molecule has 1 N–H and O–H groups in total. The summed E-state index contributed by atoms with van der Waals surface area (Å²) in [6.07, 6.45) is -2.24. The Morgan fingerprint density at radius 2 is 1.67 bits per heavy atom. The molecule has 1 aromatic rings. The van der Waals surface area contributed by atoms with Crippen molar-refractivity contribution < 1.29 is 13.2 Å². The van der Waals surface area contributed by atoms with Gasteiger partial charge in [-0.15, -0.1) is 0 Å². The minimum absolute atomic E-state index is 0.277. The Morgan fingerprint density at radius 3 is 2.11 bits per heavy atom. The van der Waals surface area contributed by atoms with Crippen LogP contribution in [0.25, 0.3) is 0 Å². The zero-order valence-corrected chi connectivity index (χ0v) is 10.6. The first kappa shape index (κ1) is 13.4. The SMILES string of the molecule is CC(C)(NC(c1ccccc1)C(F)(F)F)C1CC1. The molecular weight excluding hydrogens is 239 g/mol. The molecule has 18 heavy (non-hydrogen) atoms. The molecule has 0 spiro atoms. The van der Waals surface area contributed by atoms with Crippen LogP contribution >= 0.6 is 0 Å². The van der Waals surface area contributed by atoms with E-state index in [-0.39, 0.29) is 5.56 Å². The molecule has 1 saturated carbocycles. The van der Waals surface area contributed by atoms with Crippen molar-refractivity contribution in [3.05, 3.63) is 35.9 Å². The van der Waals surface area contributed by atoms with E-state index in [1.807, 2.05) is 13.8 Å². The summed E-state index contributed by atoms with van der Waals surface area (Å²) < 4.78 is 39.5. The van der Waals surface area contributed by atoms with Gasteiger partial charge in [-0.25, -0.2) is 0 Å². The maximum absolute atomic E-state index is 13.2. The molecule has 4 heteroatoms. The van der Waals surface area contributed by atoms with Gasteiger partial charge in [0, 0.05) is 5.54 Å². The minimum atomic E-state index is -4.27. The molecule has 0 aromatic heterocycles. The summed E-state index contributed by atoms with van der Waals surface area (Å²) in [6, 6.07) is 6.46. The standard InChI is InChI=1S/C14H18F3N/c1-13(2,11-8-9-11)18-12(14(15,16)17)10-6-4-3-5-7-10/h3-7,11-12,18H,8-9H2,1-2H3. The second-order valence-electron chi connectivity index (χ2n) is 5.53. The molecule has 1 aliphatic carbocycles. The zero-order chi connectivity index (χ0) is 13.4. The normalized spacial score (nSPS) is 18.7. The van der Waals surface area contributed by atoms with E-state index in [1.54, 1.807) is 18.2 Å². The van der Waals surface area contributed by atoms with Crippen molar-refractivity contribution in [3.8, 4) is 0 Å². The summed E-state index contributed by atoms with van der Waals surface area (Å²) in [5, 5.41) is 2.79. The van der Waals surface area contributed by atoms with Gasteiger partial charge in [0.05, 0.1) is 0 Å². The van der Waals surface area contributed by atoms with Crippen molar-refractivity contribution in [2.24, 2.45) is 5.92 Å². The molecule has 1 unspecified atom stereocenters. The molecule has 1 atom stereocenters. The van der Waals surface area contributed by atoms with Crippen LogP contribution in [0, 0.1) is 5.92 Å². The number of nitrogens with one attached hydrogen (secondary N) is 1. The third-order valence-electron chi connectivity index (χ3n) is 3.57. The second kappa shape index (κ2) is 4.57. The van der Waals surface area contributed by atoms with E-state index in [2.05, 4.69) is 5.32 Å². The third-order valence-corrected chi connectivity index (χ3v) is 3.57. The van der Waals surface area contributed by atoms with Crippen LogP contribution in [-0.2, 0) is 0 Å². The molecule has 1 aromatic carbocycles. The van der Waals surface area contributed by atoms with Crippen LogP contribution < -0.4 is 5.32 Å². The molecule has 1 fully saturated rings. The Kier molecular flexibility index (Phi) is 3.41. The molecule has 0 radical (unpaired) electrons. The molecule has 0 heterocycles. The lowest BCUT2D eigenvalue weighted by Gasteiger charge is -2.33. The van der Waals surface area contributed by atoms with Crippen molar-refractivity contribution in [1.29, 1.82) is 0 Å². The summed E-state index contributed by atoms with van der Waals surface area (Å²) >= 11 is 0. The Morgan fingerprint density at radius 1 is 1.11 bits per heavy atom. The van der Waals surface area contributed by atoms with Crippen LogP contribution in [0.3, 0.4) is 0 Å². The molecule has 0 aliphatic heterocycles. The Labute approximate surface area is 105 Å². The quantitative estimate of drug-likeness (QED) is 0.857. The molecule has 1 aliphatic rings. The molecule has 0 bridgehead atoms. The van der Waals surface area contributed by atoms with Crippen molar-refractivity contribution in [1.82, 2.24) is 5.32 Å². The lowest BCUT2D eigenvalue weighted by molar-refractivity contribution is -0.162. The van der Waals surface area contributed by atoms with Crippen molar-refractivity contribution in [2.45, 2.75) is 44.4 Å². The third kappa shape index (κ3) is 3.05. The molecular formula is C14H18F3N. The topological polar surface area (TPSA) is 12.0 Å². The lowest BCUT2D eigenvalue weighted by Crippen LogP contribution is -2.48. The van der Waals surface area contributed by atoms with Crippen LogP contribution in [-0.4, -0.2) is 11.7 Å². The van der Waals surface area contributed by atoms with E-state index in [0.29, 0.717) is 5.92 Å². The monoisotopic (exact) mass is 257 g/mol. The molecule has 2 rings (SSSR count). The second-order valence-corrected chi connectivity index (χ2v) is 5.53. The fraction of sp³-hybridized carbons (Fsp3) is 0.571. The van der Waals surface area contributed by atoms with E-state index in [9.17, 15) is 13.2 Å². The number of benzene rings is 1. The van der Waals surface area contributed by atoms with E-state index >= 15 is 0 Å². The largest absolute Gasteiger partial charge is 0.407 e. The maximum atomic E-state index is 13.2. The van der Waals surface area contributed by atoms with E-state index in [0.717, 1.165) is 12.8 Å². The number of rotatable bonds is 4. The highest BCUT2D eigenvalue weighted by Gasteiger charge is 2.47. The predicted molar refractivity (Wildman–Crippen MR) is 65.2 cm³/mol. The average Bonchev–Trinajstić information content (AvgIpc) is 3.09. The summed E-state index contributed by atoms with van der Waals surface area (Å²) in [7, 11) is 0. The first-order chi connectivity index (χ1) is 8.31. The smallest absolute Gasteiger partial charge is 0.297 e. The van der Waals surface area contributed by atoms with Gasteiger partial charge in [0.15, 0.2) is 0 Å².